The Morgan fingerprint density at radius 1 is 1.59 bits per heavy atom. The van der Waals surface area contributed by atoms with Crippen molar-refractivity contribution in [3.63, 3.8) is 0 Å². The van der Waals surface area contributed by atoms with Gasteiger partial charge in [-0.3, -0.25) is 5.10 Å². The molecule has 0 saturated carbocycles. The van der Waals surface area contributed by atoms with Crippen LogP contribution < -0.4 is 5.32 Å². The molecule has 2 heterocycles. The first-order valence-electron chi connectivity index (χ1n) is 5.82. The second-order valence-corrected chi connectivity index (χ2v) is 7.37. The van der Waals surface area contributed by atoms with E-state index in [1.165, 1.54) is 27.7 Å². The SMILES string of the molecule is Ic1cc2c(s1)CCCC2NCc1ccn[nH]1. The fraction of sp³-hybridized carbons (Fsp3) is 0.417. The maximum atomic E-state index is 3.97. The van der Waals surface area contributed by atoms with Crippen molar-refractivity contribution in [2.24, 2.45) is 0 Å². The Hall–Kier alpha value is -0.400. The van der Waals surface area contributed by atoms with E-state index in [2.05, 4.69) is 44.2 Å². The summed E-state index contributed by atoms with van der Waals surface area (Å²) in [5, 5.41) is 10.6. The zero-order valence-corrected chi connectivity index (χ0v) is 12.3. The molecule has 90 valence electrons. The summed E-state index contributed by atoms with van der Waals surface area (Å²) in [7, 11) is 0. The molecule has 3 nitrogen and oxygen atoms in total. The van der Waals surface area contributed by atoms with Crippen molar-refractivity contribution in [2.45, 2.75) is 31.8 Å². The summed E-state index contributed by atoms with van der Waals surface area (Å²) in [6, 6.07) is 4.88. The average molecular weight is 359 g/mol. The van der Waals surface area contributed by atoms with Crippen molar-refractivity contribution in [1.29, 1.82) is 0 Å². The van der Waals surface area contributed by atoms with Gasteiger partial charge < -0.3 is 5.32 Å². The van der Waals surface area contributed by atoms with Gasteiger partial charge in [0, 0.05) is 29.4 Å². The molecule has 0 aliphatic heterocycles. The van der Waals surface area contributed by atoms with E-state index < -0.39 is 0 Å². The van der Waals surface area contributed by atoms with E-state index in [4.69, 9.17) is 0 Å². The van der Waals surface area contributed by atoms with Crippen molar-refractivity contribution in [3.8, 4) is 0 Å². The van der Waals surface area contributed by atoms with Gasteiger partial charge in [-0.15, -0.1) is 11.3 Å². The number of nitrogens with one attached hydrogen (secondary N) is 2. The van der Waals surface area contributed by atoms with Crippen LogP contribution in [-0.4, -0.2) is 10.2 Å². The molecule has 1 atom stereocenters. The third-order valence-electron chi connectivity index (χ3n) is 3.18. The molecule has 1 aliphatic rings. The number of H-pyrrole nitrogens is 1. The number of thiophene rings is 1. The van der Waals surface area contributed by atoms with Crippen LogP contribution >= 0.6 is 33.9 Å². The number of aromatic amines is 1. The summed E-state index contributed by atoms with van der Waals surface area (Å²) in [4.78, 5) is 1.57. The van der Waals surface area contributed by atoms with Crippen LogP contribution in [0.3, 0.4) is 0 Å². The number of fused-ring (bicyclic) bond motifs is 1. The third-order valence-corrected chi connectivity index (χ3v) is 5.15. The van der Waals surface area contributed by atoms with Crippen LogP contribution in [0.5, 0.6) is 0 Å². The van der Waals surface area contributed by atoms with Crippen molar-refractivity contribution >= 4 is 33.9 Å². The number of rotatable bonds is 3. The molecule has 0 saturated heterocycles. The van der Waals surface area contributed by atoms with Crippen LogP contribution in [-0.2, 0) is 13.0 Å². The number of aromatic nitrogens is 2. The van der Waals surface area contributed by atoms with Gasteiger partial charge in [0.25, 0.3) is 0 Å². The van der Waals surface area contributed by atoms with E-state index >= 15 is 0 Å². The van der Waals surface area contributed by atoms with E-state index in [9.17, 15) is 0 Å². The highest BCUT2D eigenvalue weighted by Gasteiger charge is 2.22. The quantitative estimate of drug-likeness (QED) is 0.827. The first kappa shape index (κ1) is 11.7. The van der Waals surface area contributed by atoms with E-state index in [1.807, 2.05) is 17.4 Å². The van der Waals surface area contributed by atoms with E-state index in [-0.39, 0.29) is 0 Å². The fourth-order valence-corrected chi connectivity index (χ4v) is 4.47. The molecular formula is C12H14IN3S. The highest BCUT2D eigenvalue weighted by Crippen LogP contribution is 2.36. The molecule has 2 N–H and O–H groups in total. The van der Waals surface area contributed by atoms with Crippen LogP contribution in [0.15, 0.2) is 18.3 Å². The van der Waals surface area contributed by atoms with Crippen LogP contribution in [0.1, 0.15) is 35.0 Å². The molecular weight excluding hydrogens is 345 g/mol. The Balaban J connectivity index is 1.72. The number of aryl methyl sites for hydroxylation is 1. The van der Waals surface area contributed by atoms with E-state index in [0.29, 0.717) is 6.04 Å². The summed E-state index contributed by atoms with van der Waals surface area (Å²) in [5.74, 6) is 0. The predicted octanol–water partition coefficient (Wildman–Crippen LogP) is 3.24. The van der Waals surface area contributed by atoms with Crippen molar-refractivity contribution in [3.05, 3.63) is 37.3 Å². The second kappa shape index (κ2) is 5.07. The van der Waals surface area contributed by atoms with Crippen LogP contribution in [0.25, 0.3) is 0 Å². The van der Waals surface area contributed by atoms with Crippen molar-refractivity contribution in [2.75, 3.05) is 0 Å². The zero-order valence-electron chi connectivity index (χ0n) is 9.37. The highest BCUT2D eigenvalue weighted by atomic mass is 127. The molecule has 5 heteroatoms. The van der Waals surface area contributed by atoms with Crippen molar-refractivity contribution < 1.29 is 0 Å². The maximum absolute atomic E-state index is 3.97. The molecule has 0 aromatic carbocycles. The van der Waals surface area contributed by atoms with Gasteiger partial charge in [-0.25, -0.2) is 0 Å². The minimum atomic E-state index is 0.516. The zero-order chi connectivity index (χ0) is 11.7. The first-order chi connectivity index (χ1) is 8.33. The van der Waals surface area contributed by atoms with Gasteiger partial charge in [-0.1, -0.05) is 0 Å². The summed E-state index contributed by atoms with van der Waals surface area (Å²) in [6.45, 7) is 0.872. The van der Waals surface area contributed by atoms with Crippen LogP contribution in [0.4, 0.5) is 0 Å². The summed E-state index contributed by atoms with van der Waals surface area (Å²) >= 11 is 4.37. The van der Waals surface area contributed by atoms with Gasteiger partial charge in [0.2, 0.25) is 0 Å². The summed E-state index contributed by atoms with van der Waals surface area (Å²) in [5.41, 5.74) is 2.67. The molecule has 0 bridgehead atoms. The van der Waals surface area contributed by atoms with Crippen LogP contribution in [0.2, 0.25) is 0 Å². The number of hydrogen-bond donors (Lipinski definition) is 2. The smallest absolute Gasteiger partial charge is 0.0659 e. The monoisotopic (exact) mass is 359 g/mol. The predicted molar refractivity (Wildman–Crippen MR) is 78.1 cm³/mol. The largest absolute Gasteiger partial charge is 0.304 e. The normalized spacial score (nSPS) is 19.2. The standard InChI is InChI=1S/C12H14IN3S/c13-12-6-9-10(2-1-3-11(9)17-12)14-7-8-4-5-15-16-8/h4-6,10,14H,1-3,7H2,(H,15,16). The molecule has 2 aromatic rings. The molecule has 1 unspecified atom stereocenters. The number of hydrogen-bond acceptors (Lipinski definition) is 3. The molecule has 3 rings (SSSR count). The third kappa shape index (κ3) is 2.56. The van der Waals surface area contributed by atoms with Gasteiger partial charge >= 0.3 is 0 Å². The average Bonchev–Trinajstić information content (AvgIpc) is 2.93. The lowest BCUT2D eigenvalue weighted by Crippen LogP contribution is -2.24. The molecule has 0 amide bonds. The molecule has 0 spiro atoms. The topological polar surface area (TPSA) is 40.7 Å². The Morgan fingerprint density at radius 2 is 2.53 bits per heavy atom. The van der Waals surface area contributed by atoms with Gasteiger partial charge in [0.05, 0.1) is 2.88 Å². The first-order valence-corrected chi connectivity index (χ1v) is 7.72. The molecule has 17 heavy (non-hydrogen) atoms. The number of nitrogens with zero attached hydrogens (tertiary/aromatic N) is 1. The minimum absolute atomic E-state index is 0.516. The Labute approximate surface area is 118 Å². The van der Waals surface area contributed by atoms with Gasteiger partial charge in [-0.05, 0) is 59.5 Å². The van der Waals surface area contributed by atoms with Crippen LogP contribution in [0, 0.1) is 2.88 Å². The molecule has 1 aliphatic carbocycles. The number of halogens is 1. The second-order valence-electron chi connectivity index (χ2n) is 4.34. The summed E-state index contributed by atoms with van der Waals surface area (Å²) < 4.78 is 1.41. The Bertz CT molecular complexity index is 492. The minimum Gasteiger partial charge on any atom is -0.304 e. The maximum Gasteiger partial charge on any atom is 0.0659 e. The Morgan fingerprint density at radius 3 is 3.35 bits per heavy atom. The molecule has 0 fully saturated rings. The fourth-order valence-electron chi connectivity index (χ4n) is 2.35. The van der Waals surface area contributed by atoms with Crippen molar-refractivity contribution in [1.82, 2.24) is 15.5 Å². The highest BCUT2D eigenvalue weighted by molar-refractivity contribution is 14.1. The molecule has 0 radical (unpaired) electrons. The molecule has 2 aromatic heterocycles. The lowest BCUT2D eigenvalue weighted by Gasteiger charge is -2.23. The summed E-state index contributed by atoms with van der Waals surface area (Å²) in [6.07, 6.45) is 5.60. The lowest BCUT2D eigenvalue weighted by molar-refractivity contribution is 0.460. The Kier molecular flexibility index (Phi) is 3.49. The lowest BCUT2D eigenvalue weighted by atomic mass is 9.94. The van der Waals surface area contributed by atoms with E-state index in [0.717, 1.165) is 12.2 Å². The van der Waals surface area contributed by atoms with Gasteiger partial charge in [0.1, 0.15) is 0 Å². The van der Waals surface area contributed by atoms with E-state index in [1.54, 1.807) is 11.1 Å². The van der Waals surface area contributed by atoms with Gasteiger partial charge in [0.15, 0.2) is 0 Å². The van der Waals surface area contributed by atoms with Gasteiger partial charge in [-0.2, -0.15) is 5.10 Å².